The van der Waals surface area contributed by atoms with Gasteiger partial charge in [-0.2, -0.15) is 0 Å². The van der Waals surface area contributed by atoms with Gasteiger partial charge in [-0.3, -0.25) is 14.4 Å². The largest absolute Gasteiger partial charge is 0.496 e. The third kappa shape index (κ3) is 3.37. The summed E-state index contributed by atoms with van der Waals surface area (Å²) in [6, 6.07) is 21.2. The molecule has 0 aromatic heterocycles. The minimum absolute atomic E-state index is 0.308. The van der Waals surface area contributed by atoms with Gasteiger partial charge in [0.2, 0.25) is 5.91 Å². The Morgan fingerprint density at radius 1 is 0.938 bits per heavy atom. The number of fused-ring (bicyclic) bond motifs is 1. The molecular formula is C24H18BrClN2O4. The molecule has 0 saturated carbocycles. The van der Waals surface area contributed by atoms with E-state index in [4.69, 9.17) is 21.2 Å². The highest BCUT2D eigenvalue weighted by atomic mass is 79.9. The number of halogens is 2. The molecule has 0 radical (unpaired) electrons. The Morgan fingerprint density at radius 3 is 2.31 bits per heavy atom. The molecule has 2 fully saturated rings. The average Bonchev–Trinajstić information content (AvgIpc) is 3.31. The standard InChI is InChI=1S/C24H18BrClN2O4/c1-31-19-12-7-14(13-18(19)25)21-20-22(32-28(21)17-5-3-2-4-6-17)24(30)27(23(20)29)16-10-8-15(26)9-11-16/h2-13,20-22H,1H3/t20-,21-,22-/m1/s1. The van der Waals surface area contributed by atoms with Crippen LogP contribution in [0.2, 0.25) is 5.02 Å². The van der Waals surface area contributed by atoms with Crippen LogP contribution < -0.4 is 14.7 Å². The van der Waals surface area contributed by atoms with Crippen LogP contribution in [0.3, 0.4) is 0 Å². The quantitative estimate of drug-likeness (QED) is 0.451. The summed E-state index contributed by atoms with van der Waals surface area (Å²) in [7, 11) is 1.59. The highest BCUT2D eigenvalue weighted by molar-refractivity contribution is 9.10. The zero-order valence-electron chi connectivity index (χ0n) is 16.9. The molecule has 6 nitrogen and oxygen atoms in total. The number of hydroxylamine groups is 1. The fraction of sp³-hybridized carbons (Fsp3) is 0.167. The Bertz CT molecular complexity index is 1190. The van der Waals surface area contributed by atoms with Gasteiger partial charge in [0.15, 0.2) is 6.10 Å². The summed E-state index contributed by atoms with van der Waals surface area (Å²) in [4.78, 5) is 34.2. The number of amides is 2. The first-order valence-corrected chi connectivity index (χ1v) is 11.1. The number of methoxy groups -OCH3 is 1. The van der Waals surface area contributed by atoms with Gasteiger partial charge in [-0.15, -0.1) is 0 Å². The van der Waals surface area contributed by atoms with Crippen molar-refractivity contribution in [3.05, 3.63) is 87.9 Å². The lowest BCUT2D eigenvalue weighted by molar-refractivity contribution is -0.126. The number of carbonyl (C=O) groups excluding carboxylic acids is 2. The topological polar surface area (TPSA) is 59.1 Å². The molecule has 2 heterocycles. The van der Waals surface area contributed by atoms with E-state index in [-0.39, 0.29) is 5.91 Å². The van der Waals surface area contributed by atoms with Crippen molar-refractivity contribution in [3.8, 4) is 5.75 Å². The van der Waals surface area contributed by atoms with Gasteiger partial charge in [-0.05, 0) is 70.0 Å². The minimum atomic E-state index is -0.927. The van der Waals surface area contributed by atoms with Crippen LogP contribution in [0.25, 0.3) is 0 Å². The summed E-state index contributed by atoms with van der Waals surface area (Å²) < 4.78 is 6.10. The second-order valence-corrected chi connectivity index (χ2v) is 8.83. The van der Waals surface area contributed by atoms with Crippen LogP contribution in [-0.2, 0) is 14.4 Å². The van der Waals surface area contributed by atoms with Crippen LogP contribution in [0.1, 0.15) is 11.6 Å². The number of rotatable bonds is 4. The maximum Gasteiger partial charge on any atom is 0.266 e. The van der Waals surface area contributed by atoms with Crippen LogP contribution in [-0.4, -0.2) is 25.0 Å². The number of hydrogen-bond acceptors (Lipinski definition) is 5. The van der Waals surface area contributed by atoms with Gasteiger partial charge in [0.1, 0.15) is 11.7 Å². The molecule has 0 spiro atoms. The van der Waals surface area contributed by atoms with E-state index in [0.29, 0.717) is 16.5 Å². The van der Waals surface area contributed by atoms with E-state index in [9.17, 15) is 9.59 Å². The summed E-state index contributed by atoms with van der Waals surface area (Å²) >= 11 is 9.51. The van der Waals surface area contributed by atoms with E-state index in [1.165, 1.54) is 4.90 Å². The lowest BCUT2D eigenvalue weighted by Gasteiger charge is -2.29. The van der Waals surface area contributed by atoms with E-state index >= 15 is 0 Å². The Hall–Kier alpha value is -2.87. The van der Waals surface area contributed by atoms with Crippen LogP contribution in [0.5, 0.6) is 5.75 Å². The molecule has 8 heteroatoms. The number of imide groups is 1. The SMILES string of the molecule is COc1ccc([C@@H]2[C@H]3C(=O)N(c4ccc(Cl)cc4)C(=O)[C@@H]3ON2c2ccccc2)cc1Br. The van der Waals surface area contributed by atoms with E-state index in [2.05, 4.69) is 15.9 Å². The molecule has 32 heavy (non-hydrogen) atoms. The summed E-state index contributed by atoms with van der Waals surface area (Å²) in [5.74, 6) is -0.734. The van der Waals surface area contributed by atoms with Crippen molar-refractivity contribution >= 4 is 50.7 Å². The fourth-order valence-corrected chi connectivity index (χ4v) is 4.95. The molecule has 2 aliphatic heterocycles. The van der Waals surface area contributed by atoms with E-state index in [0.717, 1.165) is 15.7 Å². The Balaban J connectivity index is 1.59. The molecule has 3 aromatic rings. The third-order valence-corrected chi connectivity index (χ3v) is 6.60. The van der Waals surface area contributed by atoms with Crippen molar-refractivity contribution in [2.24, 2.45) is 5.92 Å². The van der Waals surface area contributed by atoms with E-state index in [1.807, 2.05) is 48.5 Å². The summed E-state index contributed by atoms with van der Waals surface area (Å²) in [5, 5.41) is 2.19. The van der Waals surface area contributed by atoms with Gasteiger partial charge in [0, 0.05) is 5.02 Å². The molecular weight excluding hydrogens is 496 g/mol. The van der Waals surface area contributed by atoms with E-state index < -0.39 is 24.0 Å². The van der Waals surface area contributed by atoms with Crippen molar-refractivity contribution in [2.75, 3.05) is 17.1 Å². The highest BCUT2D eigenvalue weighted by Gasteiger charge is 2.60. The first kappa shape index (κ1) is 21.0. The second kappa shape index (κ2) is 8.24. The number of hydrogen-bond donors (Lipinski definition) is 0. The van der Waals surface area contributed by atoms with Gasteiger partial charge in [-0.25, -0.2) is 9.96 Å². The zero-order valence-corrected chi connectivity index (χ0v) is 19.3. The van der Waals surface area contributed by atoms with Crippen LogP contribution >= 0.6 is 27.5 Å². The van der Waals surface area contributed by atoms with Crippen molar-refractivity contribution in [1.29, 1.82) is 0 Å². The van der Waals surface area contributed by atoms with Gasteiger partial charge >= 0.3 is 0 Å². The van der Waals surface area contributed by atoms with E-state index in [1.54, 1.807) is 36.4 Å². The second-order valence-electron chi connectivity index (χ2n) is 7.54. The molecule has 2 saturated heterocycles. The number of nitrogens with zero attached hydrogens (tertiary/aromatic N) is 2. The molecule has 3 atom stereocenters. The van der Waals surface area contributed by atoms with Crippen molar-refractivity contribution in [2.45, 2.75) is 12.1 Å². The monoisotopic (exact) mass is 512 g/mol. The molecule has 0 N–H and O–H groups in total. The normalized spacial score (nSPS) is 22.4. The molecule has 0 unspecified atom stereocenters. The minimum Gasteiger partial charge on any atom is -0.496 e. The van der Waals surface area contributed by atoms with Crippen LogP contribution in [0.15, 0.2) is 77.3 Å². The Morgan fingerprint density at radius 2 is 1.66 bits per heavy atom. The summed E-state index contributed by atoms with van der Waals surface area (Å²) in [5.41, 5.74) is 2.06. The third-order valence-electron chi connectivity index (χ3n) is 5.73. The maximum absolute atomic E-state index is 13.6. The summed E-state index contributed by atoms with van der Waals surface area (Å²) in [6.07, 6.45) is -0.927. The predicted molar refractivity (Wildman–Crippen MR) is 125 cm³/mol. The average molecular weight is 514 g/mol. The zero-order chi connectivity index (χ0) is 22.4. The molecule has 5 rings (SSSR count). The van der Waals surface area contributed by atoms with Crippen molar-refractivity contribution in [3.63, 3.8) is 0 Å². The van der Waals surface area contributed by atoms with Crippen LogP contribution in [0.4, 0.5) is 11.4 Å². The molecule has 3 aromatic carbocycles. The number of benzene rings is 3. The molecule has 0 aliphatic carbocycles. The predicted octanol–water partition coefficient (Wildman–Crippen LogP) is 5.16. The smallest absolute Gasteiger partial charge is 0.266 e. The fourth-order valence-electron chi connectivity index (χ4n) is 4.26. The Kier molecular flexibility index (Phi) is 5.41. The molecule has 162 valence electrons. The summed E-state index contributed by atoms with van der Waals surface area (Å²) in [6.45, 7) is 0. The van der Waals surface area contributed by atoms with Crippen molar-refractivity contribution in [1.82, 2.24) is 0 Å². The molecule has 2 aliphatic rings. The number of ether oxygens (including phenoxy) is 1. The maximum atomic E-state index is 13.6. The van der Waals surface area contributed by atoms with Gasteiger partial charge < -0.3 is 4.74 Å². The van der Waals surface area contributed by atoms with Crippen LogP contribution in [0, 0.1) is 5.92 Å². The Labute approximate surface area is 198 Å². The highest BCUT2D eigenvalue weighted by Crippen LogP contribution is 2.48. The van der Waals surface area contributed by atoms with Gasteiger partial charge in [-0.1, -0.05) is 35.9 Å². The van der Waals surface area contributed by atoms with Gasteiger partial charge in [0.25, 0.3) is 5.91 Å². The molecule has 2 amide bonds. The lowest BCUT2D eigenvalue weighted by atomic mass is 9.90. The molecule has 0 bridgehead atoms. The van der Waals surface area contributed by atoms with Gasteiger partial charge in [0.05, 0.1) is 29.0 Å². The first-order valence-electron chi connectivity index (χ1n) is 9.97. The van der Waals surface area contributed by atoms with Crippen molar-refractivity contribution < 1.29 is 19.2 Å². The number of carbonyl (C=O) groups is 2. The first-order chi connectivity index (χ1) is 15.5. The number of para-hydroxylation sites is 1. The lowest BCUT2D eigenvalue weighted by Crippen LogP contribution is -2.37. The number of anilines is 2.